The highest BCUT2D eigenvalue weighted by atomic mass is 16.5. The normalized spacial score (nSPS) is 12.2. The van der Waals surface area contributed by atoms with E-state index in [2.05, 4.69) is 97.0 Å². The number of hydrogen-bond donors (Lipinski definition) is 1. The minimum absolute atomic E-state index is 0.0855. The molecule has 0 atom stereocenters. The van der Waals surface area contributed by atoms with Gasteiger partial charge in [-0.25, -0.2) is 0 Å². The largest absolute Gasteiger partial charge is 0.513 e. The second kappa shape index (κ2) is 17.1. The van der Waals surface area contributed by atoms with Crippen LogP contribution in [-0.2, 0) is 16.6 Å². The molecule has 2 aromatic rings. The lowest BCUT2D eigenvalue weighted by molar-refractivity contribution is 0.0123. The van der Waals surface area contributed by atoms with Crippen molar-refractivity contribution in [2.24, 2.45) is 0 Å². The number of ether oxygens (including phenoxy) is 1. The van der Waals surface area contributed by atoms with Crippen molar-refractivity contribution >= 4 is 0 Å². The molecule has 0 heterocycles. The van der Waals surface area contributed by atoms with E-state index in [-0.39, 0.29) is 5.60 Å². The fraction of sp³-hybridized carbons (Fsp3) is 0.529. The maximum Gasteiger partial charge on any atom is 0.105 e. The Labute approximate surface area is 223 Å². The molecule has 0 saturated heterocycles. The smallest absolute Gasteiger partial charge is 0.105 e. The minimum Gasteiger partial charge on any atom is -0.513 e. The number of allylic oxidation sites excluding steroid dienone is 4. The second-order valence-corrected chi connectivity index (χ2v) is 9.97. The number of aliphatic hydroxyl groups is 1. The zero-order chi connectivity index (χ0) is 27.8. The van der Waals surface area contributed by atoms with Crippen molar-refractivity contribution in [3.8, 4) is 0 Å². The van der Waals surface area contributed by atoms with Crippen molar-refractivity contribution in [2.45, 2.75) is 119 Å². The standard InChI is InChI=1S/C20H26.C12H22O2.C2H6/c1-5-20(4,6-2)19-13-11-18(12-14-19)15-17-9-7-16(3)8-10-17;1-6-12(5,7-2)14-11(4)9-8-10(3)13;1-2/h7-14H,5-6,15H2,1-4H3;8-9,13H,6-7H2,1-5H3;1-2H3/b;10-8+,11-9+;. The van der Waals surface area contributed by atoms with Gasteiger partial charge >= 0.3 is 0 Å². The molecule has 2 nitrogen and oxygen atoms in total. The Balaban J connectivity index is 0.000000676. The van der Waals surface area contributed by atoms with Gasteiger partial charge in [0, 0.05) is 0 Å². The van der Waals surface area contributed by atoms with Gasteiger partial charge < -0.3 is 9.84 Å². The van der Waals surface area contributed by atoms with E-state index in [1.165, 1.54) is 35.1 Å². The van der Waals surface area contributed by atoms with Gasteiger partial charge in [0.1, 0.15) is 5.60 Å². The number of aryl methyl sites for hydroxylation is 1. The topological polar surface area (TPSA) is 29.5 Å². The van der Waals surface area contributed by atoms with Crippen LogP contribution < -0.4 is 0 Å². The molecule has 0 radical (unpaired) electrons. The van der Waals surface area contributed by atoms with Gasteiger partial charge in [0.15, 0.2) is 0 Å². The first-order chi connectivity index (χ1) is 17.0. The van der Waals surface area contributed by atoms with Gasteiger partial charge in [-0.2, -0.15) is 0 Å². The summed E-state index contributed by atoms with van der Waals surface area (Å²) in [6, 6.07) is 18.0. The second-order valence-electron chi connectivity index (χ2n) is 9.97. The van der Waals surface area contributed by atoms with Crippen molar-refractivity contribution in [3.05, 3.63) is 94.5 Å². The zero-order valence-corrected chi connectivity index (χ0v) is 25.2. The van der Waals surface area contributed by atoms with Crippen molar-refractivity contribution in [3.63, 3.8) is 0 Å². The van der Waals surface area contributed by atoms with Gasteiger partial charge in [0.05, 0.1) is 11.5 Å². The fourth-order valence-corrected chi connectivity index (χ4v) is 3.68. The van der Waals surface area contributed by atoms with Crippen molar-refractivity contribution < 1.29 is 9.84 Å². The third kappa shape index (κ3) is 12.0. The van der Waals surface area contributed by atoms with Gasteiger partial charge in [0.2, 0.25) is 0 Å². The van der Waals surface area contributed by atoms with Crippen molar-refractivity contribution in [1.29, 1.82) is 0 Å². The predicted molar refractivity (Wildman–Crippen MR) is 160 cm³/mol. The van der Waals surface area contributed by atoms with E-state index < -0.39 is 0 Å². The first-order valence-corrected chi connectivity index (χ1v) is 13.9. The average molecular weight is 495 g/mol. The summed E-state index contributed by atoms with van der Waals surface area (Å²) in [6.07, 6.45) is 8.81. The van der Waals surface area contributed by atoms with Crippen LogP contribution in [0.5, 0.6) is 0 Å². The molecule has 0 aliphatic heterocycles. The van der Waals surface area contributed by atoms with Crippen LogP contribution in [0.15, 0.2) is 72.2 Å². The highest BCUT2D eigenvalue weighted by Crippen LogP contribution is 2.31. The molecule has 2 rings (SSSR count). The molecule has 0 aliphatic rings. The third-order valence-corrected chi connectivity index (χ3v) is 7.20. The first-order valence-electron chi connectivity index (χ1n) is 13.9. The summed E-state index contributed by atoms with van der Waals surface area (Å²) < 4.78 is 5.79. The molecule has 2 heteroatoms. The van der Waals surface area contributed by atoms with Crippen LogP contribution >= 0.6 is 0 Å². The number of rotatable bonds is 10. The summed E-state index contributed by atoms with van der Waals surface area (Å²) in [6.45, 7) is 22.9. The Morgan fingerprint density at radius 1 is 0.750 bits per heavy atom. The molecule has 2 aromatic carbocycles. The summed E-state index contributed by atoms with van der Waals surface area (Å²) in [4.78, 5) is 0. The zero-order valence-electron chi connectivity index (χ0n) is 25.2. The van der Waals surface area contributed by atoms with Crippen LogP contribution in [0.4, 0.5) is 0 Å². The highest BCUT2D eigenvalue weighted by Gasteiger charge is 2.22. The summed E-state index contributed by atoms with van der Waals surface area (Å²) in [5, 5.41) is 8.97. The molecule has 36 heavy (non-hydrogen) atoms. The fourth-order valence-electron chi connectivity index (χ4n) is 3.68. The van der Waals surface area contributed by atoms with Crippen molar-refractivity contribution in [1.82, 2.24) is 0 Å². The monoisotopic (exact) mass is 494 g/mol. The summed E-state index contributed by atoms with van der Waals surface area (Å²) >= 11 is 0. The van der Waals surface area contributed by atoms with Gasteiger partial charge in [0.25, 0.3) is 0 Å². The van der Waals surface area contributed by atoms with E-state index in [0.29, 0.717) is 11.2 Å². The molecule has 0 amide bonds. The minimum atomic E-state index is -0.0855. The van der Waals surface area contributed by atoms with Gasteiger partial charge in [-0.05, 0) is 94.1 Å². The summed E-state index contributed by atoms with van der Waals surface area (Å²) in [5.74, 6) is 1.13. The molecule has 0 saturated carbocycles. The lowest BCUT2D eigenvalue weighted by Crippen LogP contribution is -2.25. The van der Waals surface area contributed by atoms with Crippen LogP contribution in [0, 0.1) is 6.92 Å². The Kier molecular flexibility index (Phi) is 15.9. The van der Waals surface area contributed by atoms with Crippen LogP contribution in [0.3, 0.4) is 0 Å². The highest BCUT2D eigenvalue weighted by molar-refractivity contribution is 5.32. The lowest BCUT2D eigenvalue weighted by Gasteiger charge is -2.28. The SMILES string of the molecule is CC.CCC(C)(CC)O/C(C)=C/C=C(\C)O.CCC(C)(CC)c1ccc(Cc2ccc(C)cc2)cc1. The van der Waals surface area contributed by atoms with Crippen LogP contribution in [0.25, 0.3) is 0 Å². The molecule has 0 aromatic heterocycles. The Morgan fingerprint density at radius 2 is 1.19 bits per heavy atom. The molecule has 0 fully saturated rings. The molecular formula is C34H54O2. The molecule has 0 aliphatic carbocycles. The molecule has 0 bridgehead atoms. The van der Waals surface area contributed by atoms with Gasteiger partial charge in [-0.3, -0.25) is 0 Å². The molecule has 202 valence electrons. The van der Waals surface area contributed by atoms with E-state index in [1.807, 2.05) is 20.8 Å². The van der Waals surface area contributed by atoms with E-state index in [0.717, 1.165) is 25.0 Å². The lowest BCUT2D eigenvalue weighted by atomic mass is 9.77. The Morgan fingerprint density at radius 3 is 1.58 bits per heavy atom. The molecule has 0 unspecified atom stereocenters. The maximum atomic E-state index is 8.97. The Bertz CT molecular complexity index is 889. The molecule has 1 N–H and O–H groups in total. The van der Waals surface area contributed by atoms with Crippen molar-refractivity contribution in [2.75, 3.05) is 0 Å². The Hall–Kier alpha value is -2.48. The molecular weight excluding hydrogens is 440 g/mol. The quantitative estimate of drug-likeness (QED) is 0.263. The van der Waals surface area contributed by atoms with Gasteiger partial charge in [-0.15, -0.1) is 0 Å². The number of aliphatic hydroxyl groups excluding tert-OH is 1. The van der Waals surface area contributed by atoms with Crippen LogP contribution in [0.2, 0.25) is 0 Å². The number of hydrogen-bond acceptors (Lipinski definition) is 2. The summed E-state index contributed by atoms with van der Waals surface area (Å²) in [5.41, 5.74) is 5.81. The van der Waals surface area contributed by atoms with Crippen LogP contribution in [0.1, 0.15) is 117 Å². The van der Waals surface area contributed by atoms with E-state index >= 15 is 0 Å². The van der Waals surface area contributed by atoms with E-state index in [1.54, 1.807) is 19.1 Å². The van der Waals surface area contributed by atoms with Crippen LogP contribution in [-0.4, -0.2) is 10.7 Å². The van der Waals surface area contributed by atoms with E-state index in [9.17, 15) is 0 Å². The molecule has 0 spiro atoms. The average Bonchev–Trinajstić information content (AvgIpc) is 2.90. The first kappa shape index (κ1) is 33.5. The maximum absolute atomic E-state index is 8.97. The third-order valence-electron chi connectivity index (χ3n) is 7.20. The summed E-state index contributed by atoms with van der Waals surface area (Å²) in [7, 11) is 0. The predicted octanol–water partition coefficient (Wildman–Crippen LogP) is 10.6. The number of benzene rings is 2. The van der Waals surface area contributed by atoms with E-state index in [4.69, 9.17) is 9.84 Å². The van der Waals surface area contributed by atoms with Gasteiger partial charge in [-0.1, -0.05) is 103 Å².